The summed E-state index contributed by atoms with van der Waals surface area (Å²) < 4.78 is 19.0. The van der Waals surface area contributed by atoms with Crippen molar-refractivity contribution >= 4 is 15.9 Å². The van der Waals surface area contributed by atoms with Crippen LogP contribution in [0.1, 0.15) is 25.5 Å². The monoisotopic (exact) mass is 260 g/mol. The SMILES string of the molecule is CC(C)OC(CBr)c1ccccc1F. The number of hydrogen-bond acceptors (Lipinski definition) is 1. The van der Waals surface area contributed by atoms with Gasteiger partial charge < -0.3 is 4.74 Å². The number of rotatable bonds is 4. The van der Waals surface area contributed by atoms with E-state index in [2.05, 4.69) is 15.9 Å². The van der Waals surface area contributed by atoms with E-state index in [0.717, 1.165) is 0 Å². The maximum absolute atomic E-state index is 13.4. The maximum atomic E-state index is 13.4. The van der Waals surface area contributed by atoms with Crippen molar-refractivity contribution < 1.29 is 9.13 Å². The first-order chi connectivity index (χ1) is 6.65. The van der Waals surface area contributed by atoms with Crippen LogP contribution in [0.3, 0.4) is 0 Å². The third-order valence-corrected chi connectivity index (χ3v) is 2.42. The third kappa shape index (κ3) is 3.07. The van der Waals surface area contributed by atoms with Gasteiger partial charge in [0.25, 0.3) is 0 Å². The van der Waals surface area contributed by atoms with Gasteiger partial charge in [-0.15, -0.1) is 0 Å². The van der Waals surface area contributed by atoms with Gasteiger partial charge >= 0.3 is 0 Å². The molecule has 1 nitrogen and oxygen atoms in total. The summed E-state index contributed by atoms with van der Waals surface area (Å²) in [4.78, 5) is 0. The van der Waals surface area contributed by atoms with Crippen LogP contribution in [0.2, 0.25) is 0 Å². The van der Waals surface area contributed by atoms with Gasteiger partial charge in [0.2, 0.25) is 0 Å². The van der Waals surface area contributed by atoms with Gasteiger partial charge in [-0.1, -0.05) is 34.1 Å². The van der Waals surface area contributed by atoms with Gasteiger partial charge in [0, 0.05) is 10.9 Å². The molecule has 1 aromatic rings. The summed E-state index contributed by atoms with van der Waals surface area (Å²) in [5, 5.41) is 0.603. The molecule has 3 heteroatoms. The first kappa shape index (κ1) is 11.7. The lowest BCUT2D eigenvalue weighted by Crippen LogP contribution is -2.13. The number of hydrogen-bond donors (Lipinski definition) is 0. The third-order valence-electron chi connectivity index (χ3n) is 1.83. The molecule has 0 fully saturated rings. The Kier molecular flexibility index (Phi) is 4.55. The molecular formula is C11H14BrFO. The van der Waals surface area contributed by atoms with Crippen molar-refractivity contribution in [3.05, 3.63) is 35.6 Å². The highest BCUT2D eigenvalue weighted by atomic mass is 79.9. The van der Waals surface area contributed by atoms with Crippen LogP contribution in [0.25, 0.3) is 0 Å². The van der Waals surface area contributed by atoms with E-state index in [0.29, 0.717) is 10.9 Å². The summed E-state index contributed by atoms with van der Waals surface area (Å²) in [6.07, 6.45) is -0.117. The van der Waals surface area contributed by atoms with Crippen LogP contribution in [-0.4, -0.2) is 11.4 Å². The molecular weight excluding hydrogens is 247 g/mol. The summed E-state index contributed by atoms with van der Waals surface area (Å²) in [6, 6.07) is 6.70. The van der Waals surface area contributed by atoms with Crippen LogP contribution in [0.4, 0.5) is 4.39 Å². The minimum Gasteiger partial charge on any atom is -0.370 e. The molecule has 0 radical (unpaired) electrons. The van der Waals surface area contributed by atoms with E-state index in [9.17, 15) is 4.39 Å². The van der Waals surface area contributed by atoms with Crippen molar-refractivity contribution in [3.8, 4) is 0 Å². The van der Waals surface area contributed by atoms with E-state index in [4.69, 9.17) is 4.74 Å². The molecule has 14 heavy (non-hydrogen) atoms. The van der Waals surface area contributed by atoms with Gasteiger partial charge in [0.15, 0.2) is 0 Å². The Morgan fingerprint density at radius 3 is 2.50 bits per heavy atom. The second-order valence-electron chi connectivity index (χ2n) is 3.35. The topological polar surface area (TPSA) is 9.23 Å². The molecule has 0 amide bonds. The molecule has 1 rings (SSSR count). The standard InChI is InChI=1S/C11H14BrFO/c1-8(2)14-11(7-12)9-5-3-4-6-10(9)13/h3-6,8,11H,7H2,1-2H3. The molecule has 0 N–H and O–H groups in total. The zero-order valence-electron chi connectivity index (χ0n) is 8.34. The normalized spacial score (nSPS) is 13.2. The lowest BCUT2D eigenvalue weighted by Gasteiger charge is -2.18. The van der Waals surface area contributed by atoms with E-state index in [-0.39, 0.29) is 18.0 Å². The van der Waals surface area contributed by atoms with E-state index >= 15 is 0 Å². The molecule has 1 aromatic carbocycles. The summed E-state index contributed by atoms with van der Waals surface area (Å²) in [5.41, 5.74) is 0.609. The fraction of sp³-hybridized carbons (Fsp3) is 0.455. The Morgan fingerprint density at radius 2 is 2.00 bits per heavy atom. The van der Waals surface area contributed by atoms with Gasteiger partial charge in [-0.25, -0.2) is 4.39 Å². The molecule has 0 heterocycles. The zero-order chi connectivity index (χ0) is 10.6. The highest BCUT2D eigenvalue weighted by molar-refractivity contribution is 9.09. The molecule has 0 aliphatic heterocycles. The number of benzene rings is 1. The van der Waals surface area contributed by atoms with E-state index in [1.807, 2.05) is 19.9 Å². The second kappa shape index (κ2) is 5.47. The van der Waals surface area contributed by atoms with Crippen LogP contribution in [0.15, 0.2) is 24.3 Å². The molecule has 78 valence electrons. The molecule has 1 atom stereocenters. The van der Waals surface area contributed by atoms with Crippen LogP contribution >= 0.6 is 15.9 Å². The van der Waals surface area contributed by atoms with E-state index in [1.54, 1.807) is 12.1 Å². The molecule has 0 spiro atoms. The fourth-order valence-corrected chi connectivity index (χ4v) is 1.76. The first-order valence-electron chi connectivity index (χ1n) is 4.61. The van der Waals surface area contributed by atoms with Crippen LogP contribution in [0, 0.1) is 5.82 Å². The highest BCUT2D eigenvalue weighted by Crippen LogP contribution is 2.23. The van der Waals surface area contributed by atoms with E-state index in [1.165, 1.54) is 6.07 Å². The Morgan fingerprint density at radius 1 is 1.36 bits per heavy atom. The Labute approximate surface area is 92.4 Å². The average Bonchev–Trinajstić information content (AvgIpc) is 2.15. The van der Waals surface area contributed by atoms with Crippen molar-refractivity contribution in [2.24, 2.45) is 0 Å². The first-order valence-corrected chi connectivity index (χ1v) is 5.73. The minimum absolute atomic E-state index is 0.0946. The summed E-state index contributed by atoms with van der Waals surface area (Å²) in [5.74, 6) is -0.211. The largest absolute Gasteiger partial charge is 0.370 e. The van der Waals surface area contributed by atoms with Crippen molar-refractivity contribution in [1.82, 2.24) is 0 Å². The summed E-state index contributed by atoms with van der Waals surface area (Å²) in [7, 11) is 0. The van der Waals surface area contributed by atoms with Gasteiger partial charge in [0.05, 0.1) is 12.2 Å². The smallest absolute Gasteiger partial charge is 0.129 e. The highest BCUT2D eigenvalue weighted by Gasteiger charge is 2.15. The maximum Gasteiger partial charge on any atom is 0.129 e. The zero-order valence-corrected chi connectivity index (χ0v) is 9.92. The predicted octanol–water partition coefficient (Wildman–Crippen LogP) is 3.69. The van der Waals surface area contributed by atoms with Crippen molar-refractivity contribution in [3.63, 3.8) is 0 Å². The predicted molar refractivity (Wildman–Crippen MR) is 59.2 cm³/mol. The number of alkyl halides is 1. The fourth-order valence-electron chi connectivity index (χ4n) is 1.26. The Bertz CT molecular complexity index is 288. The van der Waals surface area contributed by atoms with Gasteiger partial charge in [-0.2, -0.15) is 0 Å². The van der Waals surface area contributed by atoms with Crippen LogP contribution in [-0.2, 0) is 4.74 Å². The molecule has 0 bridgehead atoms. The molecule has 0 aromatic heterocycles. The number of halogens is 2. The molecule has 0 saturated heterocycles. The van der Waals surface area contributed by atoms with Crippen molar-refractivity contribution in [2.75, 3.05) is 5.33 Å². The summed E-state index contributed by atoms with van der Waals surface area (Å²) in [6.45, 7) is 3.88. The van der Waals surface area contributed by atoms with E-state index < -0.39 is 0 Å². The Hall–Kier alpha value is -0.410. The van der Waals surface area contributed by atoms with Crippen LogP contribution in [0.5, 0.6) is 0 Å². The second-order valence-corrected chi connectivity index (χ2v) is 4.00. The quantitative estimate of drug-likeness (QED) is 0.751. The lowest BCUT2D eigenvalue weighted by molar-refractivity contribution is 0.0195. The molecule has 0 aliphatic rings. The molecule has 0 aliphatic carbocycles. The average molecular weight is 261 g/mol. The van der Waals surface area contributed by atoms with Gasteiger partial charge in [0.1, 0.15) is 5.82 Å². The van der Waals surface area contributed by atoms with Gasteiger partial charge in [-0.3, -0.25) is 0 Å². The summed E-state index contributed by atoms with van der Waals surface area (Å²) >= 11 is 3.32. The molecule has 1 unspecified atom stereocenters. The molecule has 0 saturated carbocycles. The van der Waals surface area contributed by atoms with Crippen molar-refractivity contribution in [1.29, 1.82) is 0 Å². The van der Waals surface area contributed by atoms with Crippen LogP contribution < -0.4 is 0 Å². The van der Waals surface area contributed by atoms with Gasteiger partial charge in [-0.05, 0) is 19.9 Å². The Balaban J connectivity index is 2.83. The van der Waals surface area contributed by atoms with Crippen molar-refractivity contribution in [2.45, 2.75) is 26.1 Å². The number of ether oxygens (including phenoxy) is 1. The minimum atomic E-state index is -0.212. The lowest BCUT2D eigenvalue weighted by atomic mass is 10.1.